The van der Waals surface area contributed by atoms with E-state index in [9.17, 15) is 4.79 Å². The summed E-state index contributed by atoms with van der Waals surface area (Å²) in [7, 11) is 0. The van der Waals surface area contributed by atoms with E-state index in [-0.39, 0.29) is 18.3 Å². The molecule has 0 saturated carbocycles. The fraction of sp³-hybridized carbons (Fsp3) is 0.500. The first-order chi connectivity index (χ1) is 12.7. The Balaban J connectivity index is 0.00000210. The predicted octanol–water partition coefficient (Wildman–Crippen LogP) is 3.58. The highest BCUT2D eigenvalue weighted by Gasteiger charge is 2.32. The molecule has 146 valence electrons. The summed E-state index contributed by atoms with van der Waals surface area (Å²) in [4.78, 5) is 15.2. The van der Waals surface area contributed by atoms with Gasteiger partial charge in [0, 0.05) is 18.1 Å². The van der Waals surface area contributed by atoms with E-state index in [1.807, 2.05) is 33.8 Å². The lowest BCUT2D eigenvalue weighted by Gasteiger charge is -2.21. The molecule has 2 atom stereocenters. The van der Waals surface area contributed by atoms with Gasteiger partial charge in [-0.3, -0.25) is 4.79 Å². The quantitative estimate of drug-likeness (QED) is 0.843. The Labute approximate surface area is 171 Å². The lowest BCUT2D eigenvalue weighted by Crippen LogP contribution is -2.33. The van der Waals surface area contributed by atoms with Gasteiger partial charge in [0.2, 0.25) is 0 Å². The SMILES string of the molecule is CCc1c(C(=O)N2CC[C@@H]3CNC[C@@H]3CC2)cnn1-c1cccc(Cl)c1.Cl. The maximum absolute atomic E-state index is 13.2. The number of carbonyl (C=O) groups excluding carboxylic acids is 1. The first-order valence-electron chi connectivity index (χ1n) is 9.50. The molecule has 5 nitrogen and oxygen atoms in total. The molecule has 0 unspecified atom stereocenters. The van der Waals surface area contributed by atoms with Crippen molar-refractivity contribution in [1.82, 2.24) is 20.0 Å². The third-order valence-electron chi connectivity index (χ3n) is 5.79. The second-order valence-corrected chi connectivity index (χ2v) is 7.73. The number of nitrogens with one attached hydrogen (secondary N) is 1. The minimum absolute atomic E-state index is 0. The summed E-state index contributed by atoms with van der Waals surface area (Å²) in [5.41, 5.74) is 2.56. The fourth-order valence-corrected chi connectivity index (χ4v) is 4.50. The lowest BCUT2D eigenvalue weighted by molar-refractivity contribution is 0.0757. The van der Waals surface area contributed by atoms with Gasteiger partial charge in [-0.05, 0) is 62.4 Å². The molecule has 2 aromatic rings. The van der Waals surface area contributed by atoms with Crippen LogP contribution in [0.3, 0.4) is 0 Å². The molecule has 0 radical (unpaired) electrons. The molecule has 4 rings (SSSR count). The van der Waals surface area contributed by atoms with Crippen LogP contribution in [0.4, 0.5) is 0 Å². The number of fused-ring (bicyclic) bond motifs is 1. The monoisotopic (exact) mass is 408 g/mol. The maximum atomic E-state index is 13.2. The summed E-state index contributed by atoms with van der Waals surface area (Å²) < 4.78 is 1.84. The van der Waals surface area contributed by atoms with Gasteiger partial charge in [-0.1, -0.05) is 24.6 Å². The molecule has 3 heterocycles. The van der Waals surface area contributed by atoms with E-state index in [0.717, 1.165) is 62.4 Å². The summed E-state index contributed by atoms with van der Waals surface area (Å²) in [6, 6.07) is 7.59. The number of hydrogen-bond acceptors (Lipinski definition) is 3. The number of hydrogen-bond donors (Lipinski definition) is 1. The zero-order valence-corrected chi connectivity index (χ0v) is 17.1. The summed E-state index contributed by atoms with van der Waals surface area (Å²) in [6.45, 7) is 5.94. The standard InChI is InChI=1S/C20H25ClN4O.ClH/c1-2-19-18(13-23-25(19)17-5-3-4-16(21)10-17)20(26)24-8-6-14-11-22-12-15(14)7-9-24;/h3-5,10,13-15,22H,2,6-9,11-12H2,1H3;1H/t14-,15+;. The smallest absolute Gasteiger partial charge is 0.257 e. The molecule has 2 fully saturated rings. The normalized spacial score (nSPS) is 22.1. The maximum Gasteiger partial charge on any atom is 0.257 e. The Bertz CT molecular complexity index is 793. The average Bonchev–Trinajstić information content (AvgIpc) is 3.23. The van der Waals surface area contributed by atoms with Crippen LogP contribution in [-0.2, 0) is 6.42 Å². The van der Waals surface area contributed by atoms with Crippen LogP contribution >= 0.6 is 24.0 Å². The number of nitrogens with zero attached hydrogens (tertiary/aromatic N) is 3. The molecular weight excluding hydrogens is 383 g/mol. The Morgan fingerprint density at radius 1 is 1.26 bits per heavy atom. The van der Waals surface area contributed by atoms with Gasteiger partial charge in [0.25, 0.3) is 5.91 Å². The Morgan fingerprint density at radius 2 is 1.96 bits per heavy atom. The Kier molecular flexibility index (Phi) is 6.45. The molecule has 2 aliphatic heterocycles. The third-order valence-corrected chi connectivity index (χ3v) is 6.03. The van der Waals surface area contributed by atoms with Crippen LogP contribution in [0.5, 0.6) is 0 Å². The van der Waals surface area contributed by atoms with E-state index >= 15 is 0 Å². The van der Waals surface area contributed by atoms with Gasteiger partial charge < -0.3 is 10.2 Å². The molecule has 27 heavy (non-hydrogen) atoms. The third kappa shape index (κ3) is 4.00. The van der Waals surface area contributed by atoms with Gasteiger partial charge in [-0.25, -0.2) is 4.68 Å². The number of aromatic nitrogens is 2. The lowest BCUT2D eigenvalue weighted by atomic mass is 9.92. The van der Waals surface area contributed by atoms with Crippen LogP contribution in [0.1, 0.15) is 35.8 Å². The summed E-state index contributed by atoms with van der Waals surface area (Å²) in [5, 5.41) is 8.65. The largest absolute Gasteiger partial charge is 0.339 e. The van der Waals surface area contributed by atoms with Crippen molar-refractivity contribution in [3.05, 3.63) is 46.7 Å². The highest BCUT2D eigenvalue weighted by Crippen LogP contribution is 2.28. The van der Waals surface area contributed by atoms with Crippen molar-refractivity contribution >= 4 is 29.9 Å². The zero-order chi connectivity index (χ0) is 18.1. The molecule has 2 aliphatic rings. The zero-order valence-electron chi connectivity index (χ0n) is 15.5. The Morgan fingerprint density at radius 3 is 2.59 bits per heavy atom. The van der Waals surface area contributed by atoms with E-state index in [2.05, 4.69) is 17.3 Å². The van der Waals surface area contributed by atoms with Crippen LogP contribution in [0.2, 0.25) is 5.02 Å². The van der Waals surface area contributed by atoms with Gasteiger partial charge in [-0.2, -0.15) is 5.10 Å². The van der Waals surface area contributed by atoms with Crippen LogP contribution in [0, 0.1) is 11.8 Å². The molecule has 0 aliphatic carbocycles. The number of carbonyl (C=O) groups is 1. The van der Waals surface area contributed by atoms with Crippen molar-refractivity contribution in [2.75, 3.05) is 26.2 Å². The van der Waals surface area contributed by atoms with Gasteiger partial charge in [0.1, 0.15) is 0 Å². The molecule has 0 bridgehead atoms. The van der Waals surface area contributed by atoms with E-state index in [0.29, 0.717) is 16.9 Å². The minimum atomic E-state index is 0. The van der Waals surface area contributed by atoms with E-state index < -0.39 is 0 Å². The van der Waals surface area contributed by atoms with Gasteiger partial charge in [0.05, 0.1) is 23.1 Å². The topological polar surface area (TPSA) is 50.2 Å². The van der Waals surface area contributed by atoms with Crippen molar-refractivity contribution in [2.24, 2.45) is 11.8 Å². The van der Waals surface area contributed by atoms with Crippen LogP contribution in [-0.4, -0.2) is 46.8 Å². The van der Waals surface area contributed by atoms with Gasteiger partial charge >= 0.3 is 0 Å². The summed E-state index contributed by atoms with van der Waals surface area (Å²) in [5.74, 6) is 1.54. The van der Waals surface area contributed by atoms with Crippen LogP contribution < -0.4 is 5.32 Å². The second-order valence-electron chi connectivity index (χ2n) is 7.30. The number of halogens is 2. The molecule has 0 spiro atoms. The fourth-order valence-electron chi connectivity index (χ4n) is 4.31. The summed E-state index contributed by atoms with van der Waals surface area (Å²) >= 11 is 6.12. The average molecular weight is 409 g/mol. The molecule has 1 aromatic carbocycles. The molecular formula is C20H26Cl2N4O. The Hall–Kier alpha value is -1.56. The van der Waals surface area contributed by atoms with Gasteiger partial charge in [0.15, 0.2) is 0 Å². The van der Waals surface area contributed by atoms with E-state index in [1.54, 1.807) is 6.20 Å². The van der Waals surface area contributed by atoms with E-state index in [1.165, 1.54) is 0 Å². The van der Waals surface area contributed by atoms with Gasteiger partial charge in [-0.15, -0.1) is 12.4 Å². The number of rotatable bonds is 3. The predicted molar refractivity (Wildman–Crippen MR) is 110 cm³/mol. The molecule has 7 heteroatoms. The summed E-state index contributed by atoms with van der Waals surface area (Å²) in [6.07, 6.45) is 4.65. The first kappa shape index (κ1) is 20.2. The molecule has 1 N–H and O–H groups in total. The number of benzene rings is 1. The number of amides is 1. The molecule has 1 amide bonds. The molecule has 2 saturated heterocycles. The van der Waals surface area contributed by atoms with Crippen molar-refractivity contribution in [3.63, 3.8) is 0 Å². The first-order valence-corrected chi connectivity index (χ1v) is 9.88. The van der Waals surface area contributed by atoms with Crippen LogP contribution in [0.25, 0.3) is 5.69 Å². The van der Waals surface area contributed by atoms with Crippen molar-refractivity contribution in [1.29, 1.82) is 0 Å². The van der Waals surface area contributed by atoms with Crippen molar-refractivity contribution in [2.45, 2.75) is 26.2 Å². The number of likely N-dealkylation sites (tertiary alicyclic amines) is 1. The van der Waals surface area contributed by atoms with Crippen molar-refractivity contribution in [3.8, 4) is 5.69 Å². The van der Waals surface area contributed by atoms with Crippen molar-refractivity contribution < 1.29 is 4.79 Å². The minimum Gasteiger partial charge on any atom is -0.339 e. The highest BCUT2D eigenvalue weighted by atomic mass is 35.5. The second kappa shape index (κ2) is 8.63. The van der Waals surface area contributed by atoms with E-state index in [4.69, 9.17) is 11.6 Å². The van der Waals surface area contributed by atoms with Crippen LogP contribution in [0.15, 0.2) is 30.5 Å². The highest BCUT2D eigenvalue weighted by molar-refractivity contribution is 6.30. The molecule has 1 aromatic heterocycles.